The molecule has 1 atom stereocenters. The lowest BCUT2D eigenvalue weighted by atomic mass is 10.0. The average molecular weight is 231 g/mol. The predicted octanol–water partition coefficient (Wildman–Crippen LogP) is 4.13. The summed E-state index contributed by atoms with van der Waals surface area (Å²) in [4.78, 5) is 2.67. The van der Waals surface area contributed by atoms with Crippen LogP contribution in [0.4, 0.5) is 0 Å². The van der Waals surface area contributed by atoms with Crippen LogP contribution in [-0.2, 0) is 0 Å². The van der Waals surface area contributed by atoms with Crippen molar-refractivity contribution >= 4 is 11.3 Å². The minimum atomic E-state index is 0.154. The Morgan fingerprint density at radius 1 is 1.25 bits per heavy atom. The maximum absolute atomic E-state index is 6.05. The Morgan fingerprint density at radius 2 is 2.06 bits per heavy atom. The van der Waals surface area contributed by atoms with E-state index >= 15 is 0 Å². The molecule has 1 aromatic heterocycles. The molecule has 2 rings (SSSR count). The first-order valence-electron chi connectivity index (χ1n) is 5.63. The zero-order valence-corrected chi connectivity index (χ0v) is 10.6. The molecule has 1 nitrogen and oxygen atoms in total. The van der Waals surface area contributed by atoms with Crippen molar-refractivity contribution in [1.82, 2.24) is 0 Å². The number of aryl methyl sites for hydroxylation is 1. The zero-order chi connectivity index (χ0) is 11.5. The molecule has 1 heterocycles. The van der Waals surface area contributed by atoms with E-state index in [2.05, 4.69) is 50.2 Å². The maximum Gasteiger partial charge on any atom is 0.0345 e. The predicted molar refractivity (Wildman–Crippen MR) is 71.7 cm³/mol. The Kier molecular flexibility index (Phi) is 3.42. The molecule has 0 radical (unpaired) electrons. The van der Waals surface area contributed by atoms with Gasteiger partial charge in [0.25, 0.3) is 0 Å². The summed E-state index contributed by atoms with van der Waals surface area (Å²) < 4.78 is 0. The number of thiophene rings is 1. The number of hydrogen-bond donors (Lipinski definition) is 1. The van der Waals surface area contributed by atoms with Crippen molar-refractivity contribution in [2.45, 2.75) is 26.3 Å². The Balaban J connectivity index is 2.36. The lowest BCUT2D eigenvalue weighted by molar-refractivity contribution is 0.699. The molecule has 0 aliphatic rings. The summed E-state index contributed by atoms with van der Waals surface area (Å²) in [5.41, 5.74) is 8.55. The lowest BCUT2D eigenvalue weighted by Crippen LogP contribution is -2.08. The Morgan fingerprint density at radius 3 is 2.69 bits per heavy atom. The molecule has 2 aromatic rings. The Bertz CT molecular complexity index is 473. The van der Waals surface area contributed by atoms with Gasteiger partial charge in [0, 0.05) is 15.8 Å². The summed E-state index contributed by atoms with van der Waals surface area (Å²) in [6.45, 7) is 4.25. The van der Waals surface area contributed by atoms with Gasteiger partial charge in [0.1, 0.15) is 0 Å². The van der Waals surface area contributed by atoms with Gasteiger partial charge in [-0.25, -0.2) is 0 Å². The first-order chi connectivity index (χ1) is 7.70. The molecule has 0 saturated carbocycles. The molecule has 0 spiro atoms. The molecule has 0 aliphatic heterocycles. The van der Waals surface area contributed by atoms with Crippen molar-refractivity contribution in [3.63, 3.8) is 0 Å². The average Bonchev–Trinajstić information content (AvgIpc) is 2.75. The number of hydrogen-bond acceptors (Lipinski definition) is 2. The van der Waals surface area contributed by atoms with Gasteiger partial charge in [-0.05, 0) is 42.7 Å². The second-order valence-corrected chi connectivity index (χ2v) is 5.34. The highest BCUT2D eigenvalue weighted by Crippen LogP contribution is 2.29. The fraction of sp³-hybridized carbons (Fsp3) is 0.286. The monoisotopic (exact) mass is 231 g/mol. The third kappa shape index (κ3) is 2.34. The van der Waals surface area contributed by atoms with Crippen LogP contribution in [0.2, 0.25) is 0 Å². The summed E-state index contributed by atoms with van der Waals surface area (Å²) in [6, 6.07) is 13.0. The van der Waals surface area contributed by atoms with E-state index in [4.69, 9.17) is 5.73 Å². The van der Waals surface area contributed by atoms with E-state index in [1.165, 1.54) is 20.9 Å². The quantitative estimate of drug-likeness (QED) is 0.844. The van der Waals surface area contributed by atoms with Crippen LogP contribution in [-0.4, -0.2) is 0 Å². The first-order valence-corrected chi connectivity index (χ1v) is 6.44. The van der Waals surface area contributed by atoms with Crippen molar-refractivity contribution in [1.29, 1.82) is 0 Å². The molecule has 2 heteroatoms. The van der Waals surface area contributed by atoms with Crippen molar-refractivity contribution in [3.05, 3.63) is 46.8 Å². The van der Waals surface area contributed by atoms with E-state index in [9.17, 15) is 0 Å². The van der Waals surface area contributed by atoms with Gasteiger partial charge in [0.05, 0.1) is 0 Å². The zero-order valence-electron chi connectivity index (χ0n) is 9.73. The smallest absolute Gasteiger partial charge is 0.0345 e. The molecule has 84 valence electrons. The van der Waals surface area contributed by atoms with Gasteiger partial charge in [-0.1, -0.05) is 25.1 Å². The van der Waals surface area contributed by atoms with Gasteiger partial charge < -0.3 is 5.73 Å². The summed E-state index contributed by atoms with van der Waals surface area (Å²) in [6.07, 6.45) is 0.979. The summed E-state index contributed by atoms with van der Waals surface area (Å²) in [7, 11) is 0. The number of benzene rings is 1. The van der Waals surface area contributed by atoms with Crippen LogP contribution in [0.25, 0.3) is 10.4 Å². The standard InChI is InChI=1S/C14H17NS/c1-3-13(15)11-5-4-6-12(9-11)14-8-7-10(2)16-14/h4-9,13H,3,15H2,1-2H3. The molecule has 0 aliphatic carbocycles. The van der Waals surface area contributed by atoms with E-state index in [0.717, 1.165) is 6.42 Å². The van der Waals surface area contributed by atoms with E-state index in [-0.39, 0.29) is 6.04 Å². The van der Waals surface area contributed by atoms with Gasteiger partial charge >= 0.3 is 0 Å². The third-order valence-corrected chi connectivity index (χ3v) is 3.83. The largest absolute Gasteiger partial charge is 0.324 e. The van der Waals surface area contributed by atoms with Crippen molar-refractivity contribution < 1.29 is 0 Å². The van der Waals surface area contributed by atoms with E-state index in [1.807, 2.05) is 11.3 Å². The molecular formula is C14H17NS. The highest BCUT2D eigenvalue weighted by Gasteiger charge is 2.06. The summed E-state index contributed by atoms with van der Waals surface area (Å²) in [5, 5.41) is 0. The minimum absolute atomic E-state index is 0.154. The fourth-order valence-electron chi connectivity index (χ4n) is 1.75. The van der Waals surface area contributed by atoms with Crippen LogP contribution in [0.5, 0.6) is 0 Å². The highest BCUT2D eigenvalue weighted by molar-refractivity contribution is 7.15. The highest BCUT2D eigenvalue weighted by atomic mass is 32.1. The van der Waals surface area contributed by atoms with Crippen LogP contribution in [0.3, 0.4) is 0 Å². The number of rotatable bonds is 3. The maximum atomic E-state index is 6.05. The normalized spacial score (nSPS) is 12.7. The van der Waals surface area contributed by atoms with Gasteiger partial charge in [0.15, 0.2) is 0 Å². The van der Waals surface area contributed by atoms with Gasteiger partial charge in [-0.2, -0.15) is 0 Å². The van der Waals surface area contributed by atoms with Crippen LogP contribution in [0, 0.1) is 6.92 Å². The Hall–Kier alpha value is -1.12. The van der Waals surface area contributed by atoms with Crippen molar-refractivity contribution in [3.8, 4) is 10.4 Å². The number of nitrogens with two attached hydrogens (primary N) is 1. The van der Waals surface area contributed by atoms with Gasteiger partial charge in [-0.3, -0.25) is 0 Å². The lowest BCUT2D eigenvalue weighted by Gasteiger charge is -2.10. The topological polar surface area (TPSA) is 26.0 Å². The second-order valence-electron chi connectivity index (χ2n) is 4.05. The molecule has 2 N–H and O–H groups in total. The van der Waals surface area contributed by atoms with Crippen molar-refractivity contribution in [2.24, 2.45) is 5.73 Å². The molecule has 16 heavy (non-hydrogen) atoms. The first kappa shape index (κ1) is 11.4. The van der Waals surface area contributed by atoms with Crippen molar-refractivity contribution in [2.75, 3.05) is 0 Å². The minimum Gasteiger partial charge on any atom is -0.324 e. The molecule has 1 unspecified atom stereocenters. The molecule has 0 fully saturated rings. The van der Waals surface area contributed by atoms with E-state index in [0.29, 0.717) is 0 Å². The summed E-state index contributed by atoms with van der Waals surface area (Å²) >= 11 is 1.83. The molecule has 1 aromatic carbocycles. The van der Waals surface area contributed by atoms with Gasteiger partial charge in [-0.15, -0.1) is 11.3 Å². The molecule has 0 saturated heterocycles. The summed E-state index contributed by atoms with van der Waals surface area (Å²) in [5.74, 6) is 0. The molecule has 0 bridgehead atoms. The van der Waals surface area contributed by atoms with Gasteiger partial charge in [0.2, 0.25) is 0 Å². The third-order valence-electron chi connectivity index (χ3n) is 2.78. The van der Waals surface area contributed by atoms with Crippen LogP contribution < -0.4 is 5.73 Å². The fourth-order valence-corrected chi connectivity index (χ4v) is 2.61. The second kappa shape index (κ2) is 4.81. The Labute approximate surface area is 101 Å². The van der Waals surface area contributed by atoms with Crippen LogP contribution in [0.15, 0.2) is 36.4 Å². The van der Waals surface area contributed by atoms with E-state index < -0.39 is 0 Å². The molecule has 0 amide bonds. The van der Waals surface area contributed by atoms with Crippen LogP contribution >= 0.6 is 11.3 Å². The van der Waals surface area contributed by atoms with E-state index in [1.54, 1.807) is 0 Å². The SMILES string of the molecule is CCC(N)c1cccc(-c2ccc(C)s2)c1. The molecular weight excluding hydrogens is 214 g/mol. The van der Waals surface area contributed by atoms with Crippen LogP contribution in [0.1, 0.15) is 29.8 Å².